The summed E-state index contributed by atoms with van der Waals surface area (Å²) in [7, 11) is -8.36. The van der Waals surface area contributed by atoms with Crippen molar-refractivity contribution in [2.75, 3.05) is 17.8 Å². The third-order valence-corrected chi connectivity index (χ3v) is 7.64. The maximum Gasteiger partial charge on any atom is 0.264 e. The molecule has 6 nitrogen and oxygen atoms in total. The summed E-state index contributed by atoms with van der Waals surface area (Å²) < 4.78 is 80.1. The Kier molecular flexibility index (Phi) is 6.46. The van der Waals surface area contributed by atoms with Gasteiger partial charge in [0.1, 0.15) is 21.4 Å². The molecular weight excluding hydrogens is 422 g/mol. The van der Waals surface area contributed by atoms with Crippen LogP contribution in [-0.4, -0.2) is 34.2 Å². The number of nitrogens with one attached hydrogen (secondary N) is 1. The predicted molar refractivity (Wildman–Crippen MR) is 98.7 cm³/mol. The lowest BCUT2D eigenvalue weighted by molar-refractivity contribution is 0.445. The minimum Gasteiger partial charge on any atom is -0.279 e. The maximum absolute atomic E-state index is 13.8. The number of sulfonamides is 2. The second kappa shape index (κ2) is 8.09. The van der Waals surface area contributed by atoms with E-state index in [1.807, 2.05) is 0 Å². The van der Waals surface area contributed by atoms with E-state index in [4.69, 9.17) is 11.6 Å². The quantitative estimate of drug-likeness (QED) is 0.717. The van der Waals surface area contributed by atoms with Crippen molar-refractivity contribution in [1.82, 2.24) is 4.31 Å². The third kappa shape index (κ3) is 4.57. The molecule has 0 bridgehead atoms. The molecule has 0 amide bonds. The van der Waals surface area contributed by atoms with Gasteiger partial charge in [-0.25, -0.2) is 25.6 Å². The average molecular weight is 439 g/mol. The molecule has 0 aliphatic heterocycles. The van der Waals surface area contributed by atoms with E-state index >= 15 is 0 Å². The van der Waals surface area contributed by atoms with Crippen molar-refractivity contribution in [3.63, 3.8) is 0 Å². The molecule has 0 unspecified atom stereocenters. The Morgan fingerprint density at radius 3 is 2.15 bits per heavy atom. The fourth-order valence-corrected chi connectivity index (χ4v) is 5.44. The van der Waals surface area contributed by atoms with Crippen molar-refractivity contribution >= 4 is 37.3 Å². The molecule has 2 aromatic rings. The highest BCUT2D eigenvalue weighted by molar-refractivity contribution is 7.92. The molecular formula is C16H17ClF2N2O4S2. The highest BCUT2D eigenvalue weighted by Gasteiger charge is 2.26. The summed E-state index contributed by atoms with van der Waals surface area (Å²) in [6.45, 7) is 3.70. The normalized spacial score (nSPS) is 12.4. The lowest BCUT2D eigenvalue weighted by atomic mass is 10.3. The van der Waals surface area contributed by atoms with Gasteiger partial charge in [-0.15, -0.1) is 0 Å². The molecule has 0 aliphatic rings. The van der Waals surface area contributed by atoms with Crippen LogP contribution >= 0.6 is 11.6 Å². The molecule has 0 fully saturated rings. The maximum atomic E-state index is 13.8. The Morgan fingerprint density at radius 2 is 1.59 bits per heavy atom. The molecule has 2 rings (SSSR count). The second-order valence-electron chi connectivity index (χ2n) is 5.41. The van der Waals surface area contributed by atoms with Crippen LogP contribution in [0.25, 0.3) is 0 Å². The molecule has 11 heteroatoms. The van der Waals surface area contributed by atoms with Crippen LogP contribution in [0.2, 0.25) is 5.02 Å². The molecule has 148 valence electrons. The minimum atomic E-state index is -4.41. The van der Waals surface area contributed by atoms with E-state index in [2.05, 4.69) is 4.72 Å². The molecule has 0 aliphatic carbocycles. The van der Waals surface area contributed by atoms with Crippen molar-refractivity contribution in [2.45, 2.75) is 23.6 Å². The van der Waals surface area contributed by atoms with Crippen LogP contribution in [0.1, 0.15) is 13.8 Å². The van der Waals surface area contributed by atoms with Crippen molar-refractivity contribution in [3.05, 3.63) is 53.1 Å². The molecule has 0 atom stereocenters. The predicted octanol–water partition coefficient (Wildman–Crippen LogP) is 3.45. The molecule has 2 aromatic carbocycles. The molecule has 0 saturated heterocycles. The van der Waals surface area contributed by atoms with E-state index in [0.717, 1.165) is 22.5 Å². The van der Waals surface area contributed by atoms with Crippen LogP contribution in [0.15, 0.2) is 46.2 Å². The van der Waals surface area contributed by atoms with Crippen LogP contribution in [0.3, 0.4) is 0 Å². The summed E-state index contributed by atoms with van der Waals surface area (Å²) in [6, 6.07) is 5.52. The Hall–Kier alpha value is -1.75. The molecule has 0 radical (unpaired) electrons. The molecule has 0 aromatic heterocycles. The van der Waals surface area contributed by atoms with E-state index in [-0.39, 0.29) is 28.7 Å². The zero-order valence-corrected chi connectivity index (χ0v) is 16.8. The molecule has 0 saturated carbocycles. The molecule has 0 spiro atoms. The van der Waals surface area contributed by atoms with Crippen LogP contribution < -0.4 is 4.72 Å². The van der Waals surface area contributed by atoms with Crippen molar-refractivity contribution in [3.8, 4) is 0 Å². The molecule has 0 heterocycles. The van der Waals surface area contributed by atoms with Gasteiger partial charge in [0.2, 0.25) is 10.0 Å². The Morgan fingerprint density at radius 1 is 0.963 bits per heavy atom. The molecule has 1 N–H and O–H groups in total. The summed E-state index contributed by atoms with van der Waals surface area (Å²) in [4.78, 5) is -1.06. The largest absolute Gasteiger partial charge is 0.279 e. The fraction of sp³-hybridized carbons (Fsp3) is 0.250. The fourth-order valence-electron chi connectivity index (χ4n) is 2.37. The van der Waals surface area contributed by atoms with Crippen molar-refractivity contribution in [1.29, 1.82) is 0 Å². The topological polar surface area (TPSA) is 83.6 Å². The number of nitrogens with zero attached hydrogens (tertiary/aromatic N) is 1. The van der Waals surface area contributed by atoms with E-state index in [1.165, 1.54) is 12.1 Å². The lowest BCUT2D eigenvalue weighted by Crippen LogP contribution is -2.30. The van der Waals surface area contributed by atoms with Gasteiger partial charge in [0, 0.05) is 19.2 Å². The summed E-state index contributed by atoms with van der Waals surface area (Å²) in [5.74, 6) is -2.20. The SMILES string of the molecule is CCN(CC)S(=O)(=O)c1cc(NS(=O)(=O)c2ccc(F)cc2F)ccc1Cl. The molecule has 27 heavy (non-hydrogen) atoms. The van der Waals surface area contributed by atoms with E-state index in [0.29, 0.717) is 6.07 Å². The monoisotopic (exact) mass is 438 g/mol. The first kappa shape index (κ1) is 21.5. The van der Waals surface area contributed by atoms with Gasteiger partial charge in [-0.1, -0.05) is 25.4 Å². The van der Waals surface area contributed by atoms with Gasteiger partial charge in [0.15, 0.2) is 0 Å². The Labute approximate surface area is 161 Å². The van der Waals surface area contributed by atoms with Gasteiger partial charge in [-0.05, 0) is 30.3 Å². The summed E-state index contributed by atoms with van der Waals surface area (Å²) in [6.07, 6.45) is 0. The van der Waals surface area contributed by atoms with Crippen LogP contribution in [-0.2, 0) is 20.0 Å². The minimum absolute atomic E-state index is 0.0854. The first-order valence-corrected chi connectivity index (χ1v) is 11.1. The summed E-state index contributed by atoms with van der Waals surface area (Å²) in [5, 5.41) is -0.0854. The number of rotatable bonds is 7. The van der Waals surface area contributed by atoms with Gasteiger partial charge in [0.05, 0.1) is 10.7 Å². The number of anilines is 1. The van der Waals surface area contributed by atoms with Gasteiger partial charge >= 0.3 is 0 Å². The summed E-state index contributed by atoms with van der Waals surface area (Å²) >= 11 is 5.98. The van der Waals surface area contributed by atoms with Crippen LogP contribution in [0.5, 0.6) is 0 Å². The number of hydrogen-bond acceptors (Lipinski definition) is 4. The highest BCUT2D eigenvalue weighted by Crippen LogP contribution is 2.29. The highest BCUT2D eigenvalue weighted by atomic mass is 35.5. The smallest absolute Gasteiger partial charge is 0.264 e. The van der Waals surface area contributed by atoms with Gasteiger partial charge < -0.3 is 0 Å². The zero-order valence-electron chi connectivity index (χ0n) is 14.4. The Balaban J connectivity index is 2.47. The first-order chi connectivity index (χ1) is 12.5. The first-order valence-electron chi connectivity index (χ1n) is 7.80. The standard InChI is InChI=1S/C16H17ClF2N2O4S2/c1-3-21(4-2)27(24,25)16-10-12(6-7-13(16)17)20-26(22,23)15-8-5-11(18)9-14(15)19/h5-10,20H,3-4H2,1-2H3. The third-order valence-electron chi connectivity index (χ3n) is 3.69. The summed E-state index contributed by atoms with van der Waals surface area (Å²) in [5.41, 5.74) is -0.131. The number of halogens is 3. The van der Waals surface area contributed by atoms with Crippen molar-refractivity contribution < 1.29 is 25.6 Å². The second-order valence-corrected chi connectivity index (χ2v) is 9.38. The van der Waals surface area contributed by atoms with Gasteiger partial charge in [-0.3, -0.25) is 4.72 Å². The van der Waals surface area contributed by atoms with E-state index in [9.17, 15) is 25.6 Å². The Bertz CT molecular complexity index is 1060. The zero-order chi connectivity index (χ0) is 20.4. The van der Waals surface area contributed by atoms with E-state index in [1.54, 1.807) is 13.8 Å². The lowest BCUT2D eigenvalue weighted by Gasteiger charge is -2.20. The number of benzene rings is 2. The van der Waals surface area contributed by atoms with Gasteiger partial charge in [-0.2, -0.15) is 4.31 Å². The van der Waals surface area contributed by atoms with E-state index < -0.39 is 36.6 Å². The van der Waals surface area contributed by atoms with Crippen LogP contribution in [0.4, 0.5) is 14.5 Å². The number of hydrogen-bond donors (Lipinski definition) is 1. The van der Waals surface area contributed by atoms with Crippen molar-refractivity contribution in [2.24, 2.45) is 0 Å². The average Bonchev–Trinajstić information content (AvgIpc) is 2.56. The van der Waals surface area contributed by atoms with Crippen LogP contribution in [0, 0.1) is 11.6 Å². The van der Waals surface area contributed by atoms with Gasteiger partial charge in [0.25, 0.3) is 10.0 Å².